The Morgan fingerprint density at radius 3 is 2.39 bits per heavy atom. The van der Waals surface area contributed by atoms with Crippen molar-refractivity contribution in [1.29, 1.82) is 0 Å². The van der Waals surface area contributed by atoms with Crippen LogP contribution in [-0.2, 0) is 5.41 Å². The quantitative estimate of drug-likeness (QED) is 0.691. The van der Waals surface area contributed by atoms with E-state index in [9.17, 15) is 0 Å². The Hall–Kier alpha value is -1.50. The Bertz CT molecular complexity index is 533. The van der Waals surface area contributed by atoms with Crippen molar-refractivity contribution in [3.05, 3.63) is 46.7 Å². The molecule has 1 heteroatoms. The van der Waals surface area contributed by atoms with Gasteiger partial charge >= 0.3 is 0 Å². The summed E-state index contributed by atoms with van der Waals surface area (Å²) in [6.45, 7) is 11.0. The number of likely N-dealkylation sites (N-methyl/N-ethyl adjacent to an activating group) is 1. The lowest BCUT2D eigenvalue weighted by Crippen LogP contribution is -2.23. The fourth-order valence-electron chi connectivity index (χ4n) is 3.26. The molecule has 0 saturated carbocycles. The van der Waals surface area contributed by atoms with Gasteiger partial charge in [0.2, 0.25) is 0 Å². The van der Waals surface area contributed by atoms with Crippen LogP contribution < -0.4 is 4.90 Å². The largest absolute Gasteiger partial charge is 0.347 e. The van der Waals surface area contributed by atoms with Gasteiger partial charge in [-0.25, -0.2) is 0 Å². The molecule has 1 aliphatic heterocycles. The van der Waals surface area contributed by atoms with Crippen LogP contribution in [0.3, 0.4) is 0 Å². The second-order valence-electron chi connectivity index (χ2n) is 5.55. The minimum Gasteiger partial charge on any atom is -0.347 e. The summed E-state index contributed by atoms with van der Waals surface area (Å²) in [4.78, 5) is 2.32. The molecule has 1 aromatic rings. The normalized spacial score (nSPS) is 19.9. The number of hydrogen-bond donors (Lipinski definition) is 0. The van der Waals surface area contributed by atoms with Gasteiger partial charge in [-0.15, -0.1) is 0 Å². The zero-order valence-corrected chi connectivity index (χ0v) is 12.3. The van der Waals surface area contributed by atoms with Crippen molar-refractivity contribution in [3.8, 4) is 0 Å². The average Bonchev–Trinajstić information content (AvgIpc) is 2.50. The molecular formula is C17H23N. The zero-order chi connectivity index (χ0) is 13.5. The van der Waals surface area contributed by atoms with E-state index in [0.717, 1.165) is 0 Å². The van der Waals surface area contributed by atoms with E-state index in [1.807, 2.05) is 0 Å². The first-order valence-corrected chi connectivity index (χ1v) is 6.62. The summed E-state index contributed by atoms with van der Waals surface area (Å²) in [6, 6.07) is 4.47. The Morgan fingerprint density at radius 2 is 1.83 bits per heavy atom. The van der Waals surface area contributed by atoms with E-state index in [0.29, 0.717) is 0 Å². The van der Waals surface area contributed by atoms with Crippen molar-refractivity contribution in [3.63, 3.8) is 0 Å². The van der Waals surface area contributed by atoms with Crippen LogP contribution in [0, 0.1) is 6.92 Å². The van der Waals surface area contributed by atoms with E-state index in [-0.39, 0.29) is 5.41 Å². The van der Waals surface area contributed by atoms with E-state index in [1.54, 1.807) is 0 Å². The Kier molecular flexibility index (Phi) is 3.10. The maximum absolute atomic E-state index is 2.32. The molecule has 0 aromatic heterocycles. The van der Waals surface area contributed by atoms with Crippen molar-refractivity contribution in [1.82, 2.24) is 0 Å². The molecular weight excluding hydrogens is 218 g/mol. The molecule has 0 fully saturated rings. The van der Waals surface area contributed by atoms with Gasteiger partial charge in [0, 0.05) is 23.8 Å². The van der Waals surface area contributed by atoms with Crippen LogP contribution in [0.2, 0.25) is 0 Å². The number of nitrogens with zero attached hydrogens (tertiary/aromatic N) is 1. The van der Waals surface area contributed by atoms with Crippen LogP contribution in [0.15, 0.2) is 30.0 Å². The molecule has 0 N–H and O–H groups in total. The average molecular weight is 241 g/mol. The Labute approximate surface area is 111 Å². The van der Waals surface area contributed by atoms with Gasteiger partial charge < -0.3 is 4.90 Å². The number of aryl methyl sites for hydroxylation is 1. The molecule has 0 unspecified atom stereocenters. The number of hydrogen-bond acceptors (Lipinski definition) is 1. The first-order chi connectivity index (χ1) is 8.45. The molecule has 2 rings (SSSR count). The Balaban J connectivity index is 2.80. The lowest BCUT2D eigenvalue weighted by Gasteiger charge is -2.24. The van der Waals surface area contributed by atoms with Crippen LogP contribution in [0.4, 0.5) is 5.69 Å². The van der Waals surface area contributed by atoms with Gasteiger partial charge in [0.05, 0.1) is 0 Å². The van der Waals surface area contributed by atoms with Crippen LogP contribution in [0.5, 0.6) is 0 Å². The first-order valence-electron chi connectivity index (χ1n) is 6.62. The van der Waals surface area contributed by atoms with Gasteiger partial charge in [0.15, 0.2) is 0 Å². The minimum atomic E-state index is 0.0830. The smallest absolute Gasteiger partial charge is 0.0454 e. The molecule has 96 valence electrons. The highest BCUT2D eigenvalue weighted by Gasteiger charge is 2.39. The van der Waals surface area contributed by atoms with E-state index in [2.05, 4.69) is 76.9 Å². The molecule has 0 aliphatic carbocycles. The van der Waals surface area contributed by atoms with Crippen molar-refractivity contribution in [2.75, 3.05) is 11.9 Å². The van der Waals surface area contributed by atoms with E-state index < -0.39 is 0 Å². The fraction of sp³-hybridized carbons (Fsp3) is 0.412. The van der Waals surface area contributed by atoms with Crippen LogP contribution in [0.1, 0.15) is 44.4 Å². The summed E-state index contributed by atoms with van der Waals surface area (Å²) in [7, 11) is 2.16. The predicted octanol–water partition coefficient (Wildman–Crippen LogP) is 4.66. The highest BCUT2D eigenvalue weighted by Crippen LogP contribution is 2.49. The van der Waals surface area contributed by atoms with Gasteiger partial charge in [-0.3, -0.25) is 0 Å². The third-order valence-corrected chi connectivity index (χ3v) is 4.04. The van der Waals surface area contributed by atoms with Gasteiger partial charge in [-0.2, -0.15) is 0 Å². The van der Waals surface area contributed by atoms with Gasteiger partial charge in [0.1, 0.15) is 0 Å². The second-order valence-corrected chi connectivity index (χ2v) is 5.55. The lowest BCUT2D eigenvalue weighted by atomic mass is 9.80. The standard InChI is InChI=1S/C17H23N/c1-7-9-13-12(3)10-11-14-16(13)17(4,5)15(8-2)18(14)6/h7-11H,1-6H3/b9-7-,15-8?. The molecule has 18 heavy (non-hydrogen) atoms. The van der Waals surface area contributed by atoms with E-state index in [1.165, 1.54) is 28.1 Å². The lowest BCUT2D eigenvalue weighted by molar-refractivity contribution is 0.637. The van der Waals surface area contributed by atoms with Crippen LogP contribution in [-0.4, -0.2) is 7.05 Å². The predicted molar refractivity (Wildman–Crippen MR) is 81.1 cm³/mol. The van der Waals surface area contributed by atoms with E-state index >= 15 is 0 Å². The highest BCUT2D eigenvalue weighted by molar-refractivity contribution is 5.78. The third-order valence-electron chi connectivity index (χ3n) is 4.04. The summed E-state index contributed by atoms with van der Waals surface area (Å²) in [6.07, 6.45) is 6.60. The van der Waals surface area contributed by atoms with Crippen molar-refractivity contribution in [2.45, 2.75) is 40.0 Å². The van der Waals surface area contributed by atoms with Crippen LogP contribution in [0.25, 0.3) is 6.08 Å². The molecule has 1 aliphatic rings. The number of rotatable bonds is 1. The third kappa shape index (κ3) is 1.61. The molecule has 0 spiro atoms. The van der Waals surface area contributed by atoms with Crippen molar-refractivity contribution < 1.29 is 0 Å². The summed E-state index contributed by atoms with van der Waals surface area (Å²) in [5.74, 6) is 0. The highest BCUT2D eigenvalue weighted by atomic mass is 15.2. The topological polar surface area (TPSA) is 3.24 Å². The number of allylic oxidation sites excluding steroid dienone is 3. The van der Waals surface area contributed by atoms with Gasteiger partial charge in [-0.1, -0.05) is 38.1 Å². The molecule has 1 aromatic carbocycles. The SMILES string of the molecule is CC=C1N(C)c2ccc(C)c(/C=C\C)c2C1(C)C. The molecule has 0 saturated heterocycles. The van der Waals surface area contributed by atoms with Gasteiger partial charge in [-0.05, 0) is 43.5 Å². The maximum atomic E-state index is 2.32. The molecule has 0 radical (unpaired) electrons. The van der Waals surface area contributed by atoms with Crippen LogP contribution >= 0.6 is 0 Å². The molecule has 0 bridgehead atoms. The van der Waals surface area contributed by atoms with Gasteiger partial charge in [0.25, 0.3) is 0 Å². The zero-order valence-electron chi connectivity index (χ0n) is 12.3. The summed E-state index contributed by atoms with van der Waals surface area (Å²) in [5, 5.41) is 0. The first kappa shape index (κ1) is 12.9. The summed E-state index contributed by atoms with van der Waals surface area (Å²) >= 11 is 0. The molecule has 0 atom stereocenters. The number of benzene rings is 1. The van der Waals surface area contributed by atoms with E-state index in [4.69, 9.17) is 0 Å². The Morgan fingerprint density at radius 1 is 1.17 bits per heavy atom. The molecule has 1 heterocycles. The monoisotopic (exact) mass is 241 g/mol. The van der Waals surface area contributed by atoms with Crippen molar-refractivity contribution in [2.24, 2.45) is 0 Å². The second kappa shape index (κ2) is 4.31. The fourth-order valence-corrected chi connectivity index (χ4v) is 3.26. The summed E-state index contributed by atoms with van der Waals surface area (Å²) in [5.41, 5.74) is 6.99. The maximum Gasteiger partial charge on any atom is 0.0454 e. The van der Waals surface area contributed by atoms with Crippen molar-refractivity contribution >= 4 is 11.8 Å². The summed E-state index contributed by atoms with van der Waals surface area (Å²) < 4.78 is 0. The number of anilines is 1. The molecule has 0 amide bonds. The molecule has 1 nitrogen and oxygen atoms in total. The number of fused-ring (bicyclic) bond motifs is 1. The minimum absolute atomic E-state index is 0.0830.